The number of fused-ring (bicyclic) bond motifs is 1. The maximum atomic E-state index is 13.5. The lowest BCUT2D eigenvalue weighted by atomic mass is 10.0. The first-order valence-corrected chi connectivity index (χ1v) is 15.1. The molecule has 0 radical (unpaired) electrons. The second-order valence-corrected chi connectivity index (χ2v) is 11.8. The van der Waals surface area contributed by atoms with Crippen LogP contribution in [-0.4, -0.2) is 73.0 Å². The fourth-order valence-corrected chi connectivity index (χ4v) is 6.77. The lowest BCUT2D eigenvalue weighted by molar-refractivity contribution is -0.187. The molecular weight excluding hydrogens is 584 g/mol. The predicted molar refractivity (Wildman–Crippen MR) is 154 cm³/mol. The Balaban J connectivity index is 1.34. The molecule has 4 heterocycles. The third-order valence-corrected chi connectivity index (χ3v) is 8.94. The zero-order chi connectivity index (χ0) is 29.8. The highest BCUT2D eigenvalue weighted by molar-refractivity contribution is 8.00. The molecule has 0 aromatic carbocycles. The Kier molecular flexibility index (Phi) is 8.87. The van der Waals surface area contributed by atoms with Crippen molar-refractivity contribution in [2.24, 2.45) is 11.1 Å². The molecule has 2 aromatic heterocycles. The van der Waals surface area contributed by atoms with Crippen molar-refractivity contribution in [2.75, 3.05) is 11.5 Å². The largest absolute Gasteiger partial charge is 0.425 e. The first-order chi connectivity index (χ1) is 20.3. The van der Waals surface area contributed by atoms with Gasteiger partial charge in [0.25, 0.3) is 11.8 Å². The van der Waals surface area contributed by atoms with E-state index in [2.05, 4.69) is 20.4 Å². The quantitative estimate of drug-likeness (QED) is 0.0942. The summed E-state index contributed by atoms with van der Waals surface area (Å²) in [4.78, 5) is 61.4. The first kappa shape index (κ1) is 29.3. The first-order valence-electron chi connectivity index (χ1n) is 13.2. The molecule has 0 spiro atoms. The van der Waals surface area contributed by atoms with E-state index in [9.17, 15) is 24.4 Å². The molecule has 1 aliphatic carbocycles. The molecule has 5 rings (SSSR count). The lowest BCUT2D eigenvalue weighted by Crippen LogP contribution is -2.71. The van der Waals surface area contributed by atoms with Crippen LogP contribution in [0.4, 0.5) is 5.13 Å². The minimum atomic E-state index is -1.17. The summed E-state index contributed by atoms with van der Waals surface area (Å²) in [5.74, 6) is -2.56. The number of allylic oxidation sites excluding steroid dienone is 1. The van der Waals surface area contributed by atoms with Crippen LogP contribution in [0.3, 0.4) is 0 Å². The number of aromatic nitrogens is 2. The summed E-state index contributed by atoms with van der Waals surface area (Å²) in [7, 11) is 0. The summed E-state index contributed by atoms with van der Waals surface area (Å²) in [6.07, 6.45) is 8.95. The molecule has 0 bridgehead atoms. The molecule has 15 heteroatoms. The Labute approximate surface area is 248 Å². The van der Waals surface area contributed by atoms with E-state index in [-0.39, 0.29) is 22.4 Å². The van der Waals surface area contributed by atoms with E-state index in [1.165, 1.54) is 29.0 Å². The van der Waals surface area contributed by atoms with E-state index < -0.39 is 47.2 Å². The number of carbonyl (C=O) groups excluding carboxylic acids is 4. The highest BCUT2D eigenvalue weighted by Crippen LogP contribution is 2.41. The topological polar surface area (TPSA) is 186 Å². The number of carbonyl (C=O) groups is 4. The molecule has 2 fully saturated rings. The summed E-state index contributed by atoms with van der Waals surface area (Å²) in [5, 5.41) is 16.0. The van der Waals surface area contributed by atoms with Crippen LogP contribution in [-0.2, 0) is 28.7 Å². The number of nitrogens with two attached hydrogens (primary N) is 1. The Morgan fingerprint density at radius 1 is 1.26 bits per heavy atom. The van der Waals surface area contributed by atoms with Crippen LogP contribution in [0, 0.1) is 5.92 Å². The van der Waals surface area contributed by atoms with Crippen LogP contribution in [0.15, 0.2) is 52.4 Å². The number of nitrogen functional groups attached to an aromatic ring is 1. The zero-order valence-electron chi connectivity index (χ0n) is 22.5. The molecule has 1 saturated heterocycles. The van der Waals surface area contributed by atoms with Crippen LogP contribution < -0.4 is 11.1 Å². The van der Waals surface area contributed by atoms with Gasteiger partial charge in [-0.05, 0) is 30.0 Å². The van der Waals surface area contributed by atoms with Crippen molar-refractivity contribution in [3.63, 3.8) is 0 Å². The van der Waals surface area contributed by atoms with Crippen molar-refractivity contribution in [2.45, 2.75) is 50.3 Å². The smallest absolute Gasteiger partial charge is 0.358 e. The highest BCUT2D eigenvalue weighted by atomic mass is 32.2. The van der Waals surface area contributed by atoms with Crippen LogP contribution >= 0.6 is 23.1 Å². The van der Waals surface area contributed by atoms with Crippen molar-refractivity contribution < 1.29 is 33.9 Å². The molecule has 3 atom stereocenters. The van der Waals surface area contributed by atoms with E-state index in [4.69, 9.17) is 15.2 Å². The number of rotatable bonds is 9. The normalized spacial score (nSPS) is 21.6. The Hall–Kier alpha value is -4.24. The second-order valence-electron chi connectivity index (χ2n) is 9.77. The monoisotopic (exact) mass is 612 g/mol. The van der Waals surface area contributed by atoms with E-state index in [1.807, 2.05) is 6.07 Å². The van der Waals surface area contributed by atoms with E-state index in [1.54, 1.807) is 30.6 Å². The van der Waals surface area contributed by atoms with Crippen molar-refractivity contribution in [3.8, 4) is 0 Å². The fraction of sp³-hybridized carbons (Fsp3) is 0.370. The van der Waals surface area contributed by atoms with Gasteiger partial charge in [0.05, 0.1) is 5.92 Å². The van der Waals surface area contributed by atoms with Gasteiger partial charge in [0, 0.05) is 30.5 Å². The molecule has 13 nitrogen and oxygen atoms in total. The number of anilines is 1. The van der Waals surface area contributed by atoms with Crippen molar-refractivity contribution in [1.82, 2.24) is 20.2 Å². The maximum Gasteiger partial charge on any atom is 0.358 e. The summed E-state index contributed by atoms with van der Waals surface area (Å²) < 4.78 is 10.9. The molecule has 42 heavy (non-hydrogen) atoms. The number of esters is 2. The number of β-lactam (4-membered cyclic amide) rings is 1. The van der Waals surface area contributed by atoms with Crippen molar-refractivity contribution in [1.29, 1.82) is 0 Å². The number of ether oxygens (including phenoxy) is 2. The molecule has 2 aliphatic heterocycles. The SMILES string of the molecule is CC(OC(=O)C1=C(/C=C\c2cccnc2)CS[C@H]2[C@H](NC(=O)C(=NO)c3csc(N)n3)C(=O)N12)OC(=O)C1CCCC1. The second kappa shape index (κ2) is 12.7. The predicted octanol–water partition coefficient (Wildman–Crippen LogP) is 2.29. The number of nitrogens with one attached hydrogen (secondary N) is 1. The van der Waals surface area contributed by atoms with Gasteiger partial charge in [-0.2, -0.15) is 0 Å². The summed E-state index contributed by atoms with van der Waals surface area (Å²) >= 11 is 2.39. The Morgan fingerprint density at radius 3 is 2.71 bits per heavy atom. The maximum absolute atomic E-state index is 13.5. The summed E-state index contributed by atoms with van der Waals surface area (Å²) in [6, 6.07) is 2.59. The number of hydrogen-bond acceptors (Lipinski definition) is 13. The van der Waals surface area contributed by atoms with E-state index >= 15 is 0 Å². The van der Waals surface area contributed by atoms with Gasteiger partial charge in [-0.1, -0.05) is 36.2 Å². The minimum absolute atomic E-state index is 0.0125. The molecule has 1 saturated carbocycles. The molecular formula is C27H28N6O7S2. The third-order valence-electron chi connectivity index (χ3n) is 6.96. The number of nitrogens with zero attached hydrogens (tertiary/aromatic N) is 4. The number of pyridine rings is 1. The number of thioether (sulfide) groups is 1. The van der Waals surface area contributed by atoms with Gasteiger partial charge < -0.3 is 25.7 Å². The minimum Gasteiger partial charge on any atom is -0.425 e. The van der Waals surface area contributed by atoms with Gasteiger partial charge in [0.1, 0.15) is 22.8 Å². The third kappa shape index (κ3) is 6.16. The van der Waals surface area contributed by atoms with Gasteiger partial charge in [0.2, 0.25) is 6.29 Å². The van der Waals surface area contributed by atoms with E-state index in [0.717, 1.165) is 42.6 Å². The van der Waals surface area contributed by atoms with Crippen LogP contribution in [0.25, 0.3) is 6.08 Å². The molecule has 2 amide bonds. The van der Waals surface area contributed by atoms with Gasteiger partial charge in [-0.15, -0.1) is 23.1 Å². The highest BCUT2D eigenvalue weighted by Gasteiger charge is 2.54. The number of thiazole rings is 1. The molecule has 4 N–H and O–H groups in total. The van der Waals surface area contributed by atoms with Gasteiger partial charge in [-0.25, -0.2) is 9.78 Å². The summed E-state index contributed by atoms with van der Waals surface area (Å²) in [5.41, 5.74) is 6.56. The van der Waals surface area contributed by atoms with Crippen LogP contribution in [0.2, 0.25) is 0 Å². The Morgan fingerprint density at radius 2 is 2.05 bits per heavy atom. The van der Waals surface area contributed by atoms with Crippen molar-refractivity contribution >= 4 is 63.8 Å². The van der Waals surface area contributed by atoms with Crippen LogP contribution in [0.5, 0.6) is 0 Å². The molecule has 1 unspecified atom stereocenters. The number of oxime groups is 1. The zero-order valence-corrected chi connectivity index (χ0v) is 24.1. The average Bonchev–Trinajstić information content (AvgIpc) is 3.67. The Bertz CT molecular complexity index is 1470. The standard InChI is InChI=1S/C27H28N6O7S2/c1-14(39-25(36)16-6-2-3-7-16)40-26(37)21-17(9-8-15-5-4-10-29-11-15)12-41-24-20(23(35)33(21)24)31-22(34)19(32-38)18-13-42-27(28)30-18/h4-5,8-11,13-14,16,20,24,38H,2-3,6-7,12H2,1H3,(H2,28,30)(H,31,34)/b9-8-,32-19?/t14?,20-,24+/m1/s1. The molecule has 3 aliphatic rings. The lowest BCUT2D eigenvalue weighted by Gasteiger charge is -2.49. The summed E-state index contributed by atoms with van der Waals surface area (Å²) in [6.45, 7) is 1.45. The fourth-order valence-electron chi connectivity index (χ4n) is 4.90. The average molecular weight is 613 g/mol. The molecule has 220 valence electrons. The number of amides is 2. The van der Waals surface area contributed by atoms with Crippen LogP contribution in [0.1, 0.15) is 43.9 Å². The van der Waals surface area contributed by atoms with Gasteiger partial charge in [0.15, 0.2) is 10.8 Å². The number of hydrogen-bond donors (Lipinski definition) is 3. The van der Waals surface area contributed by atoms with E-state index in [0.29, 0.717) is 11.3 Å². The van der Waals surface area contributed by atoms with Gasteiger partial charge >= 0.3 is 11.9 Å². The van der Waals surface area contributed by atoms with Crippen molar-refractivity contribution in [3.05, 3.63) is 58.5 Å². The molecule has 2 aromatic rings. The van der Waals surface area contributed by atoms with Gasteiger partial charge in [-0.3, -0.25) is 24.3 Å².